The van der Waals surface area contributed by atoms with Crippen molar-refractivity contribution >= 4 is 11.6 Å². The Bertz CT molecular complexity index is 1190. The Morgan fingerprint density at radius 1 is 0.941 bits per heavy atom. The van der Waals surface area contributed by atoms with E-state index in [1.807, 2.05) is 0 Å². The third kappa shape index (κ3) is 6.30. The molecule has 0 atom stereocenters. The van der Waals surface area contributed by atoms with Crippen LogP contribution in [-0.2, 0) is 6.18 Å². The highest BCUT2D eigenvalue weighted by molar-refractivity contribution is 6.04. The number of amides is 1. The maximum absolute atomic E-state index is 13.2. The number of nitrogens with zero attached hydrogens (tertiary/aromatic N) is 1. The van der Waals surface area contributed by atoms with Gasteiger partial charge in [0.05, 0.1) is 12.7 Å². The van der Waals surface area contributed by atoms with Gasteiger partial charge in [0, 0.05) is 18.0 Å². The molecule has 0 spiro atoms. The van der Waals surface area contributed by atoms with Crippen molar-refractivity contribution in [2.45, 2.75) is 19.5 Å². The maximum atomic E-state index is 13.2. The highest BCUT2D eigenvalue weighted by Gasteiger charge is 2.34. The Hall–Kier alpha value is -3.96. The summed E-state index contributed by atoms with van der Waals surface area (Å²) in [6.07, 6.45) is -9.31. The van der Waals surface area contributed by atoms with Gasteiger partial charge in [0.15, 0.2) is 22.9 Å². The second kappa shape index (κ2) is 9.49. The number of hydrogen-bond donors (Lipinski definition) is 1. The zero-order chi connectivity index (χ0) is 25.1. The quantitative estimate of drug-likeness (QED) is 0.411. The third-order valence-corrected chi connectivity index (χ3v) is 4.26. The fraction of sp³-hybridized carbons (Fsp3) is 0.182. The van der Waals surface area contributed by atoms with Crippen LogP contribution < -0.4 is 19.5 Å². The largest absolute Gasteiger partial charge is 0.573 e. The van der Waals surface area contributed by atoms with Crippen LogP contribution >= 0.6 is 0 Å². The molecule has 1 amide bonds. The van der Waals surface area contributed by atoms with Gasteiger partial charge in [-0.25, -0.2) is 4.98 Å². The van der Waals surface area contributed by atoms with E-state index in [9.17, 15) is 31.1 Å². The first-order valence-electron chi connectivity index (χ1n) is 9.42. The van der Waals surface area contributed by atoms with Crippen LogP contribution in [0.1, 0.15) is 21.6 Å². The molecule has 3 aromatic rings. The number of methoxy groups -OCH3 is 1. The Balaban J connectivity index is 1.99. The number of nitrogens with one attached hydrogen (secondary N) is 1. The molecule has 1 heterocycles. The zero-order valence-electron chi connectivity index (χ0n) is 17.5. The van der Waals surface area contributed by atoms with Gasteiger partial charge in [0.1, 0.15) is 5.75 Å². The van der Waals surface area contributed by atoms with E-state index >= 15 is 0 Å². The summed E-state index contributed by atoms with van der Waals surface area (Å²) in [4.78, 5) is 16.4. The van der Waals surface area contributed by atoms with Gasteiger partial charge in [-0.2, -0.15) is 13.2 Å². The summed E-state index contributed by atoms with van der Waals surface area (Å²) >= 11 is 0. The number of anilines is 1. The summed E-state index contributed by atoms with van der Waals surface area (Å²) in [6.45, 7) is 1.78. The summed E-state index contributed by atoms with van der Waals surface area (Å²) in [6, 6.07) is 9.88. The van der Waals surface area contributed by atoms with Crippen molar-refractivity contribution in [1.29, 1.82) is 0 Å². The lowest BCUT2D eigenvalue weighted by Gasteiger charge is -2.16. The number of aryl methyl sites for hydroxylation is 1. The minimum absolute atomic E-state index is 0.275. The third-order valence-electron chi connectivity index (χ3n) is 4.26. The molecule has 2 aromatic carbocycles. The van der Waals surface area contributed by atoms with Crippen molar-refractivity contribution in [1.82, 2.24) is 4.98 Å². The van der Waals surface area contributed by atoms with Gasteiger partial charge in [-0.05, 0) is 42.8 Å². The van der Waals surface area contributed by atoms with Crippen LogP contribution in [0.4, 0.5) is 32.0 Å². The fourth-order valence-corrected chi connectivity index (χ4v) is 2.81. The van der Waals surface area contributed by atoms with Crippen molar-refractivity contribution in [3.05, 3.63) is 71.5 Å². The smallest absolute Gasteiger partial charge is 0.493 e. The van der Waals surface area contributed by atoms with Crippen LogP contribution in [0.3, 0.4) is 0 Å². The van der Waals surface area contributed by atoms with Gasteiger partial charge >= 0.3 is 12.5 Å². The number of alkyl halides is 6. The van der Waals surface area contributed by atoms with Crippen LogP contribution in [-0.4, -0.2) is 24.4 Å². The van der Waals surface area contributed by atoms with E-state index < -0.39 is 41.2 Å². The summed E-state index contributed by atoms with van der Waals surface area (Å²) in [5.74, 6) is -2.67. The molecule has 0 fully saturated rings. The molecule has 0 saturated heterocycles. The Morgan fingerprint density at radius 2 is 1.68 bits per heavy atom. The Morgan fingerprint density at radius 3 is 2.29 bits per heavy atom. The van der Waals surface area contributed by atoms with Gasteiger partial charge < -0.3 is 19.5 Å². The first kappa shape index (κ1) is 24.7. The van der Waals surface area contributed by atoms with E-state index in [4.69, 9.17) is 9.47 Å². The van der Waals surface area contributed by atoms with Crippen LogP contribution in [0.2, 0.25) is 0 Å². The van der Waals surface area contributed by atoms with E-state index in [0.717, 1.165) is 30.9 Å². The van der Waals surface area contributed by atoms with Gasteiger partial charge in [-0.1, -0.05) is 12.1 Å². The predicted molar refractivity (Wildman–Crippen MR) is 108 cm³/mol. The second-order valence-corrected chi connectivity index (χ2v) is 6.85. The molecule has 12 heteroatoms. The maximum Gasteiger partial charge on any atom is 0.573 e. The van der Waals surface area contributed by atoms with Crippen molar-refractivity contribution in [2.75, 3.05) is 12.4 Å². The van der Waals surface area contributed by atoms with E-state index in [-0.39, 0.29) is 11.5 Å². The fourth-order valence-electron chi connectivity index (χ4n) is 2.81. The number of halogens is 6. The van der Waals surface area contributed by atoms with Crippen molar-refractivity contribution < 1.29 is 45.3 Å². The SMILES string of the molecule is COc1cc(OC(F)(F)F)ccc1Oc1cc(C(F)(F)F)cnc1C(=O)Nc1cccc(C)c1. The van der Waals surface area contributed by atoms with Crippen LogP contribution in [0, 0.1) is 6.92 Å². The lowest BCUT2D eigenvalue weighted by Crippen LogP contribution is -2.17. The lowest BCUT2D eigenvalue weighted by atomic mass is 10.2. The molecular weight excluding hydrogens is 470 g/mol. The minimum atomic E-state index is -4.97. The molecule has 6 nitrogen and oxygen atoms in total. The van der Waals surface area contributed by atoms with Crippen molar-refractivity contribution in [3.63, 3.8) is 0 Å². The van der Waals surface area contributed by atoms with Crippen LogP contribution in [0.25, 0.3) is 0 Å². The molecule has 0 radical (unpaired) electrons. The van der Waals surface area contributed by atoms with E-state index in [2.05, 4.69) is 15.0 Å². The number of pyridine rings is 1. The number of aromatic nitrogens is 1. The molecule has 0 unspecified atom stereocenters. The summed E-state index contributed by atoms with van der Waals surface area (Å²) in [5.41, 5.74) is -0.512. The number of hydrogen-bond acceptors (Lipinski definition) is 5. The monoisotopic (exact) mass is 486 g/mol. The summed E-state index contributed by atoms with van der Waals surface area (Å²) in [7, 11) is 1.11. The van der Waals surface area contributed by atoms with Crippen LogP contribution in [0.5, 0.6) is 23.0 Å². The average molecular weight is 486 g/mol. The summed E-state index contributed by atoms with van der Waals surface area (Å²) < 4.78 is 91.4. The molecule has 0 aliphatic rings. The topological polar surface area (TPSA) is 69.7 Å². The van der Waals surface area contributed by atoms with Gasteiger partial charge in [0.2, 0.25) is 0 Å². The molecule has 0 bridgehead atoms. The van der Waals surface area contributed by atoms with Crippen molar-refractivity contribution in [3.8, 4) is 23.0 Å². The van der Waals surface area contributed by atoms with Gasteiger partial charge in [0.25, 0.3) is 5.91 Å². The first-order chi connectivity index (χ1) is 15.9. The summed E-state index contributed by atoms with van der Waals surface area (Å²) in [5, 5.41) is 2.51. The zero-order valence-corrected chi connectivity index (χ0v) is 17.5. The minimum Gasteiger partial charge on any atom is -0.493 e. The molecule has 1 aromatic heterocycles. The number of carbonyl (C=O) groups is 1. The standard InChI is InChI=1S/C22H16F6N2O4/c1-12-4-3-5-14(8-12)30-20(31)19-18(9-13(11-29-19)21(23,24)25)33-16-7-6-15(10-17(16)32-2)34-22(26,27)28/h3-11H,1-2H3,(H,30,31). The lowest BCUT2D eigenvalue weighted by molar-refractivity contribution is -0.274. The Labute approximate surface area is 189 Å². The molecule has 0 aliphatic carbocycles. The first-order valence-corrected chi connectivity index (χ1v) is 9.42. The van der Waals surface area contributed by atoms with E-state index in [1.54, 1.807) is 31.2 Å². The highest BCUT2D eigenvalue weighted by Crippen LogP contribution is 2.39. The number of benzene rings is 2. The van der Waals surface area contributed by atoms with Gasteiger partial charge in [-0.15, -0.1) is 13.2 Å². The van der Waals surface area contributed by atoms with Crippen molar-refractivity contribution in [2.24, 2.45) is 0 Å². The van der Waals surface area contributed by atoms with Gasteiger partial charge in [-0.3, -0.25) is 4.79 Å². The molecule has 0 saturated carbocycles. The molecule has 1 N–H and O–H groups in total. The molecular formula is C22H16F6N2O4. The molecule has 180 valence electrons. The Kier molecular flexibility index (Phi) is 6.89. The van der Waals surface area contributed by atoms with E-state index in [1.165, 1.54) is 0 Å². The second-order valence-electron chi connectivity index (χ2n) is 6.85. The van der Waals surface area contributed by atoms with Crippen LogP contribution in [0.15, 0.2) is 54.7 Å². The molecule has 0 aliphatic heterocycles. The number of rotatable bonds is 6. The number of ether oxygens (including phenoxy) is 3. The predicted octanol–water partition coefficient (Wildman–Crippen LogP) is 6.36. The number of carbonyl (C=O) groups excluding carboxylic acids is 1. The molecule has 3 rings (SSSR count). The molecule has 34 heavy (non-hydrogen) atoms. The highest BCUT2D eigenvalue weighted by atomic mass is 19.4. The average Bonchev–Trinajstić information content (AvgIpc) is 2.73. The normalized spacial score (nSPS) is 11.6. The van der Waals surface area contributed by atoms with E-state index in [0.29, 0.717) is 18.0 Å².